The summed E-state index contributed by atoms with van der Waals surface area (Å²) in [4.78, 5) is 8.35. The van der Waals surface area contributed by atoms with Crippen LogP contribution < -0.4 is 5.32 Å². The number of benzene rings is 1. The molecular formula is C15H17N5O. The number of hydrogen-bond acceptors (Lipinski definition) is 5. The van der Waals surface area contributed by atoms with E-state index in [1.165, 1.54) is 6.33 Å². The molecule has 1 unspecified atom stereocenters. The molecule has 0 aliphatic rings. The molecule has 0 saturated carbocycles. The van der Waals surface area contributed by atoms with Crippen LogP contribution in [0.1, 0.15) is 11.3 Å². The molecule has 0 spiro atoms. The van der Waals surface area contributed by atoms with E-state index in [9.17, 15) is 5.11 Å². The molecule has 21 heavy (non-hydrogen) atoms. The average molecular weight is 283 g/mol. The van der Waals surface area contributed by atoms with Crippen LogP contribution in [-0.4, -0.2) is 37.3 Å². The van der Waals surface area contributed by atoms with Gasteiger partial charge in [-0.3, -0.25) is 0 Å². The molecule has 3 rings (SSSR count). The van der Waals surface area contributed by atoms with Gasteiger partial charge >= 0.3 is 0 Å². The van der Waals surface area contributed by atoms with E-state index in [4.69, 9.17) is 0 Å². The van der Waals surface area contributed by atoms with Crippen LogP contribution in [0.25, 0.3) is 5.78 Å². The van der Waals surface area contributed by atoms with Gasteiger partial charge in [0, 0.05) is 24.7 Å². The summed E-state index contributed by atoms with van der Waals surface area (Å²) in [5.74, 6) is 1.33. The monoisotopic (exact) mass is 283 g/mol. The zero-order chi connectivity index (χ0) is 14.7. The molecule has 2 aromatic heterocycles. The van der Waals surface area contributed by atoms with E-state index in [0.29, 0.717) is 18.7 Å². The van der Waals surface area contributed by atoms with Crippen molar-refractivity contribution in [2.45, 2.75) is 19.4 Å². The van der Waals surface area contributed by atoms with Crippen molar-refractivity contribution < 1.29 is 5.11 Å². The van der Waals surface area contributed by atoms with Crippen molar-refractivity contribution in [3.05, 3.63) is 54.0 Å². The molecule has 2 heterocycles. The number of nitrogens with one attached hydrogen (secondary N) is 1. The lowest BCUT2D eigenvalue weighted by Gasteiger charge is -2.13. The normalized spacial score (nSPS) is 12.5. The number of aromatic nitrogens is 4. The second-order valence-corrected chi connectivity index (χ2v) is 4.98. The van der Waals surface area contributed by atoms with Crippen LogP contribution >= 0.6 is 0 Å². The smallest absolute Gasteiger partial charge is 0.254 e. The minimum Gasteiger partial charge on any atom is -0.391 e. The topological polar surface area (TPSA) is 75.3 Å². The molecule has 1 atom stereocenters. The lowest BCUT2D eigenvalue weighted by molar-refractivity contribution is 0.188. The quantitative estimate of drug-likeness (QED) is 0.741. The van der Waals surface area contributed by atoms with Gasteiger partial charge in [-0.2, -0.15) is 14.6 Å². The molecule has 0 aliphatic carbocycles. The summed E-state index contributed by atoms with van der Waals surface area (Å²) in [7, 11) is 0. The molecule has 0 fully saturated rings. The highest BCUT2D eigenvalue weighted by Crippen LogP contribution is 2.11. The van der Waals surface area contributed by atoms with Crippen LogP contribution in [0.3, 0.4) is 0 Å². The maximum absolute atomic E-state index is 10.1. The number of aryl methyl sites for hydroxylation is 1. The van der Waals surface area contributed by atoms with Crippen LogP contribution in [0, 0.1) is 6.92 Å². The third-order valence-electron chi connectivity index (χ3n) is 3.21. The summed E-state index contributed by atoms with van der Waals surface area (Å²) in [5.41, 5.74) is 1.97. The zero-order valence-corrected chi connectivity index (χ0v) is 11.8. The average Bonchev–Trinajstić information content (AvgIpc) is 2.94. The molecule has 0 bridgehead atoms. The highest BCUT2D eigenvalue weighted by Gasteiger charge is 2.09. The van der Waals surface area contributed by atoms with Gasteiger partial charge in [0.05, 0.1) is 6.10 Å². The molecule has 1 aromatic carbocycles. The van der Waals surface area contributed by atoms with Crippen molar-refractivity contribution in [2.75, 3.05) is 11.9 Å². The van der Waals surface area contributed by atoms with Crippen LogP contribution in [0.2, 0.25) is 0 Å². The van der Waals surface area contributed by atoms with E-state index < -0.39 is 6.10 Å². The summed E-state index contributed by atoms with van der Waals surface area (Å²) in [5, 5.41) is 17.5. The standard InChI is InChI=1S/C15H17N5O/c1-11-7-14(20-15(19-11)17-10-18-20)16-9-13(21)8-12-5-3-2-4-6-12/h2-7,10,13,16,21H,8-9H2,1H3. The molecule has 0 saturated heterocycles. The molecule has 0 aliphatic heterocycles. The summed E-state index contributed by atoms with van der Waals surface area (Å²) < 4.78 is 1.63. The van der Waals surface area contributed by atoms with E-state index in [1.807, 2.05) is 43.3 Å². The fraction of sp³-hybridized carbons (Fsp3) is 0.267. The lowest BCUT2D eigenvalue weighted by atomic mass is 10.1. The fourth-order valence-electron chi connectivity index (χ4n) is 2.24. The number of aliphatic hydroxyl groups excluding tert-OH is 1. The summed E-state index contributed by atoms with van der Waals surface area (Å²) >= 11 is 0. The van der Waals surface area contributed by atoms with Gasteiger partial charge in [-0.25, -0.2) is 4.98 Å². The predicted molar refractivity (Wildman–Crippen MR) is 80.2 cm³/mol. The predicted octanol–water partition coefficient (Wildman–Crippen LogP) is 1.45. The molecule has 6 heteroatoms. The first-order chi connectivity index (χ1) is 10.2. The first-order valence-electron chi connectivity index (χ1n) is 6.85. The Morgan fingerprint density at radius 2 is 2.10 bits per heavy atom. The summed E-state index contributed by atoms with van der Waals surface area (Å²) in [6, 6.07) is 11.8. The number of anilines is 1. The number of aliphatic hydroxyl groups is 1. The molecular weight excluding hydrogens is 266 g/mol. The molecule has 6 nitrogen and oxygen atoms in total. The van der Waals surface area contributed by atoms with E-state index in [2.05, 4.69) is 20.4 Å². The van der Waals surface area contributed by atoms with Gasteiger partial charge in [-0.05, 0) is 12.5 Å². The minimum atomic E-state index is -0.473. The molecule has 2 N–H and O–H groups in total. The number of fused-ring (bicyclic) bond motifs is 1. The van der Waals surface area contributed by atoms with Crippen molar-refractivity contribution in [1.82, 2.24) is 19.6 Å². The second kappa shape index (κ2) is 5.88. The maximum atomic E-state index is 10.1. The molecule has 108 valence electrons. The summed E-state index contributed by atoms with van der Waals surface area (Å²) in [6.45, 7) is 2.34. The van der Waals surface area contributed by atoms with Crippen molar-refractivity contribution >= 4 is 11.6 Å². The maximum Gasteiger partial charge on any atom is 0.254 e. The largest absolute Gasteiger partial charge is 0.391 e. The van der Waals surface area contributed by atoms with E-state index in [1.54, 1.807) is 4.52 Å². The van der Waals surface area contributed by atoms with Gasteiger partial charge in [-0.1, -0.05) is 30.3 Å². The Morgan fingerprint density at radius 1 is 1.29 bits per heavy atom. The first-order valence-corrected chi connectivity index (χ1v) is 6.85. The minimum absolute atomic E-state index is 0.438. The van der Waals surface area contributed by atoms with Gasteiger partial charge < -0.3 is 10.4 Å². The van der Waals surface area contributed by atoms with E-state index in [-0.39, 0.29) is 0 Å². The first kappa shape index (κ1) is 13.5. The number of hydrogen-bond donors (Lipinski definition) is 2. The van der Waals surface area contributed by atoms with Gasteiger partial charge in [0.15, 0.2) is 0 Å². The molecule has 0 radical (unpaired) electrons. The highest BCUT2D eigenvalue weighted by molar-refractivity contribution is 5.44. The van der Waals surface area contributed by atoms with Crippen LogP contribution in [0.5, 0.6) is 0 Å². The Morgan fingerprint density at radius 3 is 2.90 bits per heavy atom. The highest BCUT2D eigenvalue weighted by atomic mass is 16.3. The third-order valence-corrected chi connectivity index (χ3v) is 3.21. The Bertz CT molecular complexity index is 725. The van der Waals surface area contributed by atoms with Crippen molar-refractivity contribution in [1.29, 1.82) is 0 Å². The Hall–Kier alpha value is -2.47. The van der Waals surface area contributed by atoms with Crippen molar-refractivity contribution in [2.24, 2.45) is 0 Å². The lowest BCUT2D eigenvalue weighted by Crippen LogP contribution is -2.23. The SMILES string of the molecule is Cc1cc(NCC(O)Cc2ccccc2)n2ncnc2n1. The van der Waals surface area contributed by atoms with Gasteiger partial charge in [0.25, 0.3) is 5.78 Å². The van der Waals surface area contributed by atoms with Crippen LogP contribution in [-0.2, 0) is 6.42 Å². The third kappa shape index (κ3) is 3.17. The molecule has 0 amide bonds. The van der Waals surface area contributed by atoms with Crippen LogP contribution in [0.15, 0.2) is 42.7 Å². The Labute approximate surface area is 122 Å². The van der Waals surface area contributed by atoms with Crippen LogP contribution in [0.4, 0.5) is 5.82 Å². The zero-order valence-electron chi connectivity index (χ0n) is 11.8. The van der Waals surface area contributed by atoms with Crippen molar-refractivity contribution in [3.8, 4) is 0 Å². The summed E-state index contributed by atoms with van der Waals surface area (Å²) in [6.07, 6.45) is 1.60. The van der Waals surface area contributed by atoms with Crippen molar-refractivity contribution in [3.63, 3.8) is 0 Å². The van der Waals surface area contributed by atoms with Gasteiger partial charge in [-0.15, -0.1) is 0 Å². The fourth-order valence-corrected chi connectivity index (χ4v) is 2.24. The van der Waals surface area contributed by atoms with E-state index in [0.717, 1.165) is 17.1 Å². The Kier molecular flexibility index (Phi) is 3.79. The number of nitrogens with zero attached hydrogens (tertiary/aromatic N) is 4. The second-order valence-electron chi connectivity index (χ2n) is 4.98. The van der Waals surface area contributed by atoms with Gasteiger partial charge in [0.2, 0.25) is 0 Å². The molecule has 3 aromatic rings. The van der Waals surface area contributed by atoms with E-state index >= 15 is 0 Å². The number of rotatable bonds is 5. The van der Waals surface area contributed by atoms with Gasteiger partial charge in [0.1, 0.15) is 12.1 Å². The Balaban J connectivity index is 1.67.